The zero-order valence-electron chi connectivity index (χ0n) is 12.6. The van der Waals surface area contributed by atoms with Crippen molar-refractivity contribution in [2.45, 2.75) is 45.7 Å². The van der Waals surface area contributed by atoms with Crippen molar-refractivity contribution in [2.24, 2.45) is 0 Å². The van der Waals surface area contributed by atoms with E-state index in [0.29, 0.717) is 11.7 Å². The first-order chi connectivity index (χ1) is 9.36. The van der Waals surface area contributed by atoms with Crippen molar-refractivity contribution in [3.63, 3.8) is 0 Å². The van der Waals surface area contributed by atoms with Gasteiger partial charge >= 0.3 is 0 Å². The molecule has 1 aromatic carbocycles. The molecule has 1 amide bonds. The van der Waals surface area contributed by atoms with E-state index in [2.05, 4.69) is 19.2 Å². The van der Waals surface area contributed by atoms with E-state index in [1.165, 1.54) is 18.2 Å². The summed E-state index contributed by atoms with van der Waals surface area (Å²) in [6.45, 7) is 6.00. The molecule has 0 spiro atoms. The van der Waals surface area contributed by atoms with Gasteiger partial charge in [-0.15, -0.1) is 0 Å². The number of halogens is 1. The Morgan fingerprint density at radius 3 is 2.70 bits per heavy atom. The third kappa shape index (κ3) is 4.20. The topological polar surface area (TPSA) is 58.4 Å². The zero-order chi connectivity index (χ0) is 15.3. The number of rotatable bonds is 6. The lowest BCUT2D eigenvalue weighted by Crippen LogP contribution is -2.44. The maximum atomic E-state index is 13.6. The molecule has 0 saturated carbocycles. The Bertz CT molecular complexity index is 464. The number of hydrogen-bond donors (Lipinski definition) is 2. The first kappa shape index (κ1) is 16.4. The highest BCUT2D eigenvalue weighted by atomic mass is 19.1. The summed E-state index contributed by atoms with van der Waals surface area (Å²) in [5, 5.41) is 2.59. The maximum absolute atomic E-state index is 13.6. The highest BCUT2D eigenvalue weighted by Crippen LogP contribution is 2.18. The monoisotopic (exact) mass is 281 g/mol. The Morgan fingerprint density at radius 2 is 2.10 bits per heavy atom. The van der Waals surface area contributed by atoms with Gasteiger partial charge in [0.2, 0.25) is 5.91 Å². The van der Waals surface area contributed by atoms with Crippen LogP contribution < -0.4 is 11.1 Å². The summed E-state index contributed by atoms with van der Waals surface area (Å²) in [4.78, 5) is 14.2. The van der Waals surface area contributed by atoms with E-state index in [1.54, 1.807) is 0 Å². The predicted octanol–water partition coefficient (Wildman–Crippen LogP) is 2.86. The maximum Gasteiger partial charge on any atom is 0.241 e. The molecule has 0 saturated heterocycles. The minimum Gasteiger partial charge on any atom is -0.399 e. The molecular formula is C15H24FN3O. The Labute approximate surface area is 120 Å². The van der Waals surface area contributed by atoms with Crippen molar-refractivity contribution in [3.05, 3.63) is 24.0 Å². The summed E-state index contributed by atoms with van der Waals surface area (Å²) in [6.07, 6.45) is 2.07. The van der Waals surface area contributed by atoms with Crippen LogP contribution in [0.4, 0.5) is 15.8 Å². The average Bonchev–Trinajstić information content (AvgIpc) is 2.41. The van der Waals surface area contributed by atoms with E-state index in [4.69, 9.17) is 5.73 Å². The van der Waals surface area contributed by atoms with Gasteiger partial charge in [0.05, 0.1) is 11.7 Å². The molecule has 20 heavy (non-hydrogen) atoms. The Hall–Kier alpha value is -1.62. The number of nitrogens with one attached hydrogen (secondary N) is 1. The molecule has 0 aromatic heterocycles. The smallest absolute Gasteiger partial charge is 0.241 e. The van der Waals surface area contributed by atoms with Crippen LogP contribution in [-0.4, -0.2) is 29.9 Å². The highest BCUT2D eigenvalue weighted by molar-refractivity contribution is 5.95. The molecule has 0 aliphatic carbocycles. The molecule has 3 N–H and O–H groups in total. The summed E-state index contributed by atoms with van der Waals surface area (Å²) < 4.78 is 13.6. The van der Waals surface area contributed by atoms with Crippen LogP contribution in [0.15, 0.2) is 18.2 Å². The van der Waals surface area contributed by atoms with Crippen molar-refractivity contribution in [2.75, 3.05) is 18.1 Å². The number of carbonyl (C=O) groups excluding carboxylic acids is 1. The van der Waals surface area contributed by atoms with Crippen LogP contribution in [0.3, 0.4) is 0 Å². The van der Waals surface area contributed by atoms with Crippen LogP contribution in [0.2, 0.25) is 0 Å². The Kier molecular flexibility index (Phi) is 5.95. The molecule has 0 heterocycles. The Balaban J connectivity index is 2.72. The number of nitrogen functional groups attached to an aromatic ring is 1. The number of hydrogen-bond acceptors (Lipinski definition) is 3. The van der Waals surface area contributed by atoms with Crippen molar-refractivity contribution < 1.29 is 9.18 Å². The second-order valence-corrected chi connectivity index (χ2v) is 5.21. The van der Waals surface area contributed by atoms with Gasteiger partial charge in [0.15, 0.2) is 0 Å². The third-order valence-electron chi connectivity index (χ3n) is 3.64. The number of benzene rings is 1. The standard InChI is InChI=1S/C15H24FN3O/c1-5-6-10(2)19(4)11(3)15(20)18-14-9-12(17)7-8-13(14)16/h7-11H,5-6,17H2,1-4H3,(H,18,20). The lowest BCUT2D eigenvalue weighted by Gasteiger charge is -2.29. The second-order valence-electron chi connectivity index (χ2n) is 5.21. The van der Waals surface area contributed by atoms with E-state index in [1.807, 2.05) is 18.9 Å². The number of nitrogens with zero attached hydrogens (tertiary/aromatic N) is 1. The van der Waals surface area contributed by atoms with E-state index < -0.39 is 5.82 Å². The molecule has 1 rings (SSSR count). The number of nitrogens with two attached hydrogens (primary N) is 1. The summed E-state index contributed by atoms with van der Waals surface area (Å²) in [5.41, 5.74) is 6.14. The normalized spacial score (nSPS) is 14.1. The lowest BCUT2D eigenvalue weighted by atomic mass is 10.1. The molecule has 0 fully saturated rings. The van der Waals surface area contributed by atoms with E-state index in [9.17, 15) is 9.18 Å². The Morgan fingerprint density at radius 1 is 1.45 bits per heavy atom. The van der Waals surface area contributed by atoms with E-state index in [0.717, 1.165) is 12.8 Å². The van der Waals surface area contributed by atoms with E-state index >= 15 is 0 Å². The molecule has 5 heteroatoms. The number of amides is 1. The molecule has 2 atom stereocenters. The largest absolute Gasteiger partial charge is 0.399 e. The highest BCUT2D eigenvalue weighted by Gasteiger charge is 2.22. The van der Waals surface area contributed by atoms with Gasteiger partial charge in [-0.05, 0) is 45.5 Å². The van der Waals surface area contributed by atoms with Gasteiger partial charge in [-0.25, -0.2) is 4.39 Å². The quantitative estimate of drug-likeness (QED) is 0.788. The first-order valence-electron chi connectivity index (χ1n) is 6.94. The molecule has 2 unspecified atom stereocenters. The fraction of sp³-hybridized carbons (Fsp3) is 0.533. The fourth-order valence-corrected chi connectivity index (χ4v) is 2.06. The minimum absolute atomic E-state index is 0.124. The van der Waals surface area contributed by atoms with Gasteiger partial charge in [0, 0.05) is 11.7 Å². The third-order valence-corrected chi connectivity index (χ3v) is 3.64. The van der Waals surface area contributed by atoms with Gasteiger partial charge < -0.3 is 11.1 Å². The van der Waals surface area contributed by atoms with Gasteiger partial charge in [0.1, 0.15) is 5.82 Å². The molecule has 1 aromatic rings. The molecular weight excluding hydrogens is 257 g/mol. The van der Waals surface area contributed by atoms with Crippen LogP contribution in [0.25, 0.3) is 0 Å². The van der Waals surface area contributed by atoms with Gasteiger partial charge in [-0.1, -0.05) is 13.3 Å². The van der Waals surface area contributed by atoms with Crippen LogP contribution in [0.1, 0.15) is 33.6 Å². The van der Waals surface area contributed by atoms with Crippen molar-refractivity contribution in [1.29, 1.82) is 0 Å². The molecule has 4 nitrogen and oxygen atoms in total. The first-order valence-corrected chi connectivity index (χ1v) is 6.94. The van der Waals surface area contributed by atoms with Crippen LogP contribution in [0, 0.1) is 5.82 Å². The van der Waals surface area contributed by atoms with Crippen LogP contribution in [0.5, 0.6) is 0 Å². The van der Waals surface area contributed by atoms with Gasteiger partial charge in [-0.2, -0.15) is 0 Å². The van der Waals surface area contributed by atoms with Crippen molar-refractivity contribution >= 4 is 17.3 Å². The minimum atomic E-state index is -0.482. The molecule has 112 valence electrons. The number of anilines is 2. The van der Waals surface area contributed by atoms with Crippen molar-refractivity contribution in [1.82, 2.24) is 4.90 Å². The molecule has 0 aliphatic rings. The summed E-state index contributed by atoms with van der Waals surface area (Å²) in [7, 11) is 1.90. The van der Waals surface area contributed by atoms with E-state index in [-0.39, 0.29) is 17.6 Å². The summed E-state index contributed by atoms with van der Waals surface area (Å²) in [6, 6.07) is 4.10. The number of likely N-dealkylation sites (N-methyl/N-ethyl adjacent to an activating group) is 1. The molecule has 0 bridgehead atoms. The lowest BCUT2D eigenvalue weighted by molar-refractivity contribution is -0.121. The zero-order valence-corrected chi connectivity index (χ0v) is 12.6. The second kappa shape index (κ2) is 7.24. The molecule has 0 aliphatic heterocycles. The summed E-state index contributed by atoms with van der Waals surface area (Å²) in [5.74, 6) is -0.719. The summed E-state index contributed by atoms with van der Waals surface area (Å²) >= 11 is 0. The fourth-order valence-electron chi connectivity index (χ4n) is 2.06. The van der Waals surface area contributed by atoms with Crippen molar-refractivity contribution in [3.8, 4) is 0 Å². The van der Waals surface area contributed by atoms with Crippen LogP contribution >= 0.6 is 0 Å². The van der Waals surface area contributed by atoms with Crippen LogP contribution in [-0.2, 0) is 4.79 Å². The average molecular weight is 281 g/mol. The van der Waals surface area contributed by atoms with Gasteiger partial charge in [0.25, 0.3) is 0 Å². The SMILES string of the molecule is CCCC(C)N(C)C(C)C(=O)Nc1cc(N)ccc1F. The predicted molar refractivity (Wildman–Crippen MR) is 81.0 cm³/mol. The number of carbonyl (C=O) groups is 1. The molecule has 0 radical (unpaired) electrons. The van der Waals surface area contributed by atoms with Gasteiger partial charge in [-0.3, -0.25) is 9.69 Å².